The molecule has 0 bridgehead atoms. The molecular weight excluding hydrogens is 246 g/mol. The summed E-state index contributed by atoms with van der Waals surface area (Å²) in [5.74, 6) is -1.53. The van der Waals surface area contributed by atoms with E-state index in [1.807, 2.05) is 5.32 Å². The number of nitrogens with zero attached hydrogens (tertiary/aromatic N) is 1. The van der Waals surface area contributed by atoms with Gasteiger partial charge in [0.2, 0.25) is 0 Å². The highest BCUT2D eigenvalue weighted by Gasteiger charge is 2.18. The number of carbonyl (C=O) groups is 1. The normalized spacial score (nSPS) is 10.2. The van der Waals surface area contributed by atoms with Crippen LogP contribution in [0.1, 0.15) is 0 Å². The van der Waals surface area contributed by atoms with Crippen LogP contribution in [0.3, 0.4) is 0 Å². The van der Waals surface area contributed by atoms with E-state index in [0.29, 0.717) is 0 Å². The largest absolute Gasteiger partial charge is 0.321 e. The molecule has 1 amide bonds. The molecule has 1 aromatic carbocycles. The van der Waals surface area contributed by atoms with E-state index in [1.54, 1.807) is 0 Å². The zero-order valence-corrected chi connectivity index (χ0v) is 8.37. The fraction of sp³-hybridized carbons (Fsp3) is 0.125. The second-order valence-corrected chi connectivity index (χ2v) is 3.12. The molecule has 86 valence electrons. The van der Waals surface area contributed by atoms with Crippen LogP contribution in [0.4, 0.5) is 20.2 Å². The number of anilines is 1. The fourth-order valence-electron chi connectivity index (χ4n) is 0.927. The molecule has 1 rings (SSSR count). The van der Waals surface area contributed by atoms with Crippen LogP contribution in [-0.2, 0) is 4.79 Å². The molecule has 1 aromatic rings. The predicted octanol–water partition coefficient (Wildman–Crippen LogP) is 2.45. The van der Waals surface area contributed by atoms with Crippen LogP contribution in [0.2, 0.25) is 5.02 Å². The van der Waals surface area contributed by atoms with Gasteiger partial charge >= 0.3 is 6.43 Å². The Balaban J connectivity index is 2.95. The van der Waals surface area contributed by atoms with Crippen molar-refractivity contribution in [1.82, 2.24) is 0 Å². The number of hydrogen-bond acceptors (Lipinski definition) is 3. The Kier molecular flexibility index (Phi) is 3.73. The van der Waals surface area contributed by atoms with Crippen LogP contribution in [0.5, 0.6) is 0 Å². The van der Waals surface area contributed by atoms with Crippen molar-refractivity contribution in [1.29, 1.82) is 0 Å². The first-order chi connectivity index (χ1) is 7.41. The van der Waals surface area contributed by atoms with Crippen molar-refractivity contribution in [3.05, 3.63) is 33.3 Å². The summed E-state index contributed by atoms with van der Waals surface area (Å²) in [7, 11) is 0. The van der Waals surface area contributed by atoms with E-state index in [4.69, 9.17) is 11.6 Å². The molecule has 0 radical (unpaired) electrons. The molecule has 0 saturated carbocycles. The van der Waals surface area contributed by atoms with Gasteiger partial charge in [0, 0.05) is 11.8 Å². The Morgan fingerprint density at radius 3 is 2.62 bits per heavy atom. The summed E-state index contributed by atoms with van der Waals surface area (Å²) in [6.45, 7) is 0. The number of nitrogens with one attached hydrogen (secondary N) is 1. The van der Waals surface area contributed by atoms with Gasteiger partial charge in [0.05, 0.1) is 4.92 Å². The molecule has 5 nitrogen and oxygen atoms in total. The highest BCUT2D eigenvalue weighted by Crippen LogP contribution is 2.27. The van der Waals surface area contributed by atoms with Crippen molar-refractivity contribution in [2.45, 2.75) is 6.43 Å². The van der Waals surface area contributed by atoms with Crippen molar-refractivity contribution in [3.8, 4) is 0 Å². The lowest BCUT2D eigenvalue weighted by atomic mass is 10.3. The van der Waals surface area contributed by atoms with Gasteiger partial charge < -0.3 is 5.32 Å². The summed E-state index contributed by atoms with van der Waals surface area (Å²) < 4.78 is 23.8. The molecule has 8 heteroatoms. The summed E-state index contributed by atoms with van der Waals surface area (Å²) in [5, 5.41) is 12.1. The van der Waals surface area contributed by atoms with E-state index in [2.05, 4.69) is 0 Å². The van der Waals surface area contributed by atoms with Gasteiger partial charge in [-0.2, -0.15) is 8.78 Å². The number of benzene rings is 1. The number of rotatable bonds is 3. The number of nitro benzene ring substituents is 1. The highest BCUT2D eigenvalue weighted by atomic mass is 35.5. The minimum atomic E-state index is -3.19. The number of halogens is 3. The SMILES string of the molecule is O=C(Nc1ccc(Cl)c([N+](=O)[O-])c1)C(F)F. The second kappa shape index (κ2) is 4.84. The van der Waals surface area contributed by atoms with E-state index in [1.165, 1.54) is 6.07 Å². The molecule has 0 fully saturated rings. The van der Waals surface area contributed by atoms with Crippen LogP contribution in [0.25, 0.3) is 0 Å². The number of amides is 1. The molecule has 0 heterocycles. The molecule has 0 unspecified atom stereocenters. The van der Waals surface area contributed by atoms with Crippen molar-refractivity contribution in [2.24, 2.45) is 0 Å². The smallest absolute Gasteiger partial charge is 0.315 e. The Bertz CT molecular complexity index is 439. The first-order valence-corrected chi connectivity index (χ1v) is 4.32. The van der Waals surface area contributed by atoms with Crippen molar-refractivity contribution >= 4 is 28.9 Å². The van der Waals surface area contributed by atoms with Crippen LogP contribution < -0.4 is 5.32 Å². The van der Waals surface area contributed by atoms with E-state index in [-0.39, 0.29) is 10.7 Å². The lowest BCUT2D eigenvalue weighted by Crippen LogP contribution is -2.20. The Hall–Kier alpha value is -1.76. The first-order valence-electron chi connectivity index (χ1n) is 3.95. The van der Waals surface area contributed by atoms with Crippen molar-refractivity contribution < 1.29 is 18.5 Å². The molecular formula is C8H5ClF2N2O3. The number of alkyl halides is 2. The number of carbonyl (C=O) groups excluding carboxylic acids is 1. The van der Waals surface area contributed by atoms with E-state index in [0.717, 1.165) is 12.1 Å². The lowest BCUT2D eigenvalue weighted by Gasteiger charge is -2.04. The summed E-state index contributed by atoms with van der Waals surface area (Å²) >= 11 is 5.49. The first kappa shape index (κ1) is 12.3. The van der Waals surface area contributed by atoms with Gasteiger partial charge in [-0.25, -0.2) is 0 Å². The minimum Gasteiger partial charge on any atom is -0.321 e. The average molecular weight is 251 g/mol. The topological polar surface area (TPSA) is 72.2 Å². The summed E-state index contributed by atoms with van der Waals surface area (Å²) in [6.07, 6.45) is -3.19. The van der Waals surface area contributed by atoms with Crippen LogP contribution in [-0.4, -0.2) is 17.3 Å². The van der Waals surface area contributed by atoms with Gasteiger partial charge in [-0.1, -0.05) is 11.6 Å². The molecule has 0 spiro atoms. The predicted molar refractivity (Wildman–Crippen MR) is 52.7 cm³/mol. The molecule has 0 aliphatic heterocycles. The maximum absolute atomic E-state index is 11.9. The van der Waals surface area contributed by atoms with Crippen molar-refractivity contribution in [3.63, 3.8) is 0 Å². The highest BCUT2D eigenvalue weighted by molar-refractivity contribution is 6.32. The standard InChI is InChI=1S/C8H5ClF2N2O3/c9-5-2-1-4(3-6(5)13(15)16)12-8(14)7(10)11/h1-3,7H,(H,12,14). The zero-order valence-electron chi connectivity index (χ0n) is 7.62. The third kappa shape index (κ3) is 2.86. The number of nitro groups is 1. The van der Waals surface area contributed by atoms with Crippen LogP contribution in [0.15, 0.2) is 18.2 Å². The fourth-order valence-corrected chi connectivity index (χ4v) is 1.11. The molecule has 16 heavy (non-hydrogen) atoms. The van der Waals surface area contributed by atoms with Crippen LogP contribution >= 0.6 is 11.6 Å². The van der Waals surface area contributed by atoms with Gasteiger partial charge in [-0.15, -0.1) is 0 Å². The third-order valence-corrected chi connectivity index (χ3v) is 1.93. The summed E-state index contributed by atoms with van der Waals surface area (Å²) in [6, 6.07) is 3.24. The van der Waals surface area contributed by atoms with Gasteiger partial charge in [-0.3, -0.25) is 14.9 Å². The maximum Gasteiger partial charge on any atom is 0.315 e. The van der Waals surface area contributed by atoms with E-state index in [9.17, 15) is 23.7 Å². The molecule has 0 aromatic heterocycles. The Morgan fingerprint density at radius 2 is 2.12 bits per heavy atom. The number of hydrogen-bond donors (Lipinski definition) is 1. The zero-order chi connectivity index (χ0) is 12.3. The maximum atomic E-state index is 11.9. The molecule has 0 aliphatic carbocycles. The van der Waals surface area contributed by atoms with Crippen molar-refractivity contribution in [2.75, 3.05) is 5.32 Å². The molecule has 1 N–H and O–H groups in total. The van der Waals surface area contributed by atoms with Gasteiger partial charge in [0.25, 0.3) is 11.6 Å². The monoisotopic (exact) mass is 250 g/mol. The van der Waals surface area contributed by atoms with Gasteiger partial charge in [0.1, 0.15) is 5.02 Å². The van der Waals surface area contributed by atoms with E-state index < -0.39 is 22.9 Å². The van der Waals surface area contributed by atoms with Gasteiger partial charge in [-0.05, 0) is 12.1 Å². The molecule has 0 atom stereocenters. The Labute approximate surface area is 93.2 Å². The lowest BCUT2D eigenvalue weighted by molar-refractivity contribution is -0.384. The quantitative estimate of drug-likeness (QED) is 0.661. The summed E-state index contributed by atoms with van der Waals surface area (Å²) in [4.78, 5) is 20.3. The van der Waals surface area contributed by atoms with Gasteiger partial charge in [0.15, 0.2) is 0 Å². The van der Waals surface area contributed by atoms with Crippen LogP contribution in [0, 0.1) is 10.1 Å². The molecule has 0 aliphatic rings. The molecule has 0 saturated heterocycles. The summed E-state index contributed by atoms with van der Waals surface area (Å²) in [5.41, 5.74) is -0.574. The van der Waals surface area contributed by atoms with E-state index >= 15 is 0 Å². The third-order valence-electron chi connectivity index (χ3n) is 1.61. The minimum absolute atomic E-state index is 0.110. The average Bonchev–Trinajstić information content (AvgIpc) is 2.20. The Morgan fingerprint density at radius 1 is 1.50 bits per heavy atom. The second-order valence-electron chi connectivity index (χ2n) is 2.71.